The summed E-state index contributed by atoms with van der Waals surface area (Å²) in [7, 11) is 0. The summed E-state index contributed by atoms with van der Waals surface area (Å²) in [6.45, 7) is 6.01. The van der Waals surface area contributed by atoms with Gasteiger partial charge in [-0.3, -0.25) is 4.79 Å². The SMILES string of the molecule is CC(C)(C)C#CC(=O)[C@@H](c1ccc(Cl)cc1)C1C=CCC=C1. The Morgan fingerprint density at radius 3 is 2.32 bits per heavy atom. The highest BCUT2D eigenvalue weighted by atomic mass is 35.5. The third-order valence-electron chi connectivity index (χ3n) is 3.45. The van der Waals surface area contributed by atoms with Crippen LogP contribution in [0.1, 0.15) is 38.7 Å². The first-order valence-electron chi connectivity index (χ1n) is 7.52. The maximum Gasteiger partial charge on any atom is 0.213 e. The minimum Gasteiger partial charge on any atom is -0.284 e. The van der Waals surface area contributed by atoms with Crippen molar-refractivity contribution in [3.63, 3.8) is 0 Å². The molecular weight excluding hydrogens is 292 g/mol. The molecule has 0 saturated heterocycles. The first kappa shape index (κ1) is 16.6. The highest BCUT2D eigenvalue weighted by molar-refractivity contribution is 6.30. The molecule has 1 nitrogen and oxygen atoms in total. The molecule has 2 heteroatoms. The number of hydrogen-bond acceptors (Lipinski definition) is 1. The van der Waals surface area contributed by atoms with E-state index in [1.54, 1.807) is 0 Å². The number of ketones is 1. The summed E-state index contributed by atoms with van der Waals surface area (Å²) in [5.74, 6) is 5.62. The maximum atomic E-state index is 12.7. The van der Waals surface area contributed by atoms with E-state index in [0.717, 1.165) is 12.0 Å². The van der Waals surface area contributed by atoms with Crippen molar-refractivity contribution >= 4 is 17.4 Å². The van der Waals surface area contributed by atoms with Crippen LogP contribution in [0.2, 0.25) is 5.02 Å². The molecule has 2 rings (SSSR count). The molecule has 1 aliphatic rings. The van der Waals surface area contributed by atoms with Crippen molar-refractivity contribution in [2.45, 2.75) is 33.1 Å². The van der Waals surface area contributed by atoms with Crippen LogP contribution in [-0.4, -0.2) is 5.78 Å². The molecule has 22 heavy (non-hydrogen) atoms. The Morgan fingerprint density at radius 2 is 1.77 bits per heavy atom. The number of hydrogen-bond donors (Lipinski definition) is 0. The Kier molecular flexibility index (Phi) is 5.27. The molecular formula is C20H21ClO. The van der Waals surface area contributed by atoms with Crippen LogP contribution >= 0.6 is 11.6 Å². The second kappa shape index (κ2) is 6.99. The topological polar surface area (TPSA) is 17.1 Å². The molecule has 1 aromatic carbocycles. The van der Waals surface area contributed by atoms with Crippen molar-refractivity contribution in [1.29, 1.82) is 0 Å². The van der Waals surface area contributed by atoms with Gasteiger partial charge in [0.15, 0.2) is 0 Å². The van der Waals surface area contributed by atoms with Crippen LogP contribution in [0.5, 0.6) is 0 Å². The van der Waals surface area contributed by atoms with E-state index in [0.29, 0.717) is 5.02 Å². The third kappa shape index (κ3) is 4.61. The molecule has 0 radical (unpaired) electrons. The van der Waals surface area contributed by atoms with Crippen molar-refractivity contribution in [2.24, 2.45) is 11.3 Å². The van der Waals surface area contributed by atoms with E-state index >= 15 is 0 Å². The van der Waals surface area contributed by atoms with Crippen LogP contribution in [-0.2, 0) is 4.79 Å². The van der Waals surface area contributed by atoms with Gasteiger partial charge in [-0.05, 0) is 50.8 Å². The van der Waals surface area contributed by atoms with E-state index in [4.69, 9.17) is 11.6 Å². The van der Waals surface area contributed by atoms with Crippen molar-refractivity contribution in [2.75, 3.05) is 0 Å². The van der Waals surface area contributed by atoms with Crippen LogP contribution in [0.3, 0.4) is 0 Å². The monoisotopic (exact) mass is 312 g/mol. The number of halogens is 1. The molecule has 1 aliphatic carbocycles. The summed E-state index contributed by atoms with van der Waals surface area (Å²) in [6, 6.07) is 7.48. The third-order valence-corrected chi connectivity index (χ3v) is 3.70. The van der Waals surface area contributed by atoms with Crippen LogP contribution in [0.15, 0.2) is 48.6 Å². The van der Waals surface area contributed by atoms with Gasteiger partial charge >= 0.3 is 0 Å². The van der Waals surface area contributed by atoms with E-state index in [2.05, 4.69) is 36.1 Å². The minimum absolute atomic E-state index is 0.0431. The quantitative estimate of drug-likeness (QED) is 0.427. The summed E-state index contributed by atoms with van der Waals surface area (Å²) in [4.78, 5) is 12.7. The lowest BCUT2D eigenvalue weighted by molar-refractivity contribution is -0.115. The van der Waals surface area contributed by atoms with Crippen LogP contribution in [0, 0.1) is 23.2 Å². The molecule has 0 spiro atoms. The Balaban J connectivity index is 2.36. The lowest BCUT2D eigenvalue weighted by atomic mass is 9.80. The molecule has 0 aromatic heterocycles. The molecule has 114 valence electrons. The van der Waals surface area contributed by atoms with E-state index in [1.165, 1.54) is 0 Å². The molecule has 1 atom stereocenters. The summed E-state index contributed by atoms with van der Waals surface area (Å²) in [5, 5.41) is 0.672. The normalized spacial score (nSPS) is 16.0. The first-order chi connectivity index (χ1) is 10.4. The molecule has 0 heterocycles. The standard InChI is InChI=1S/C20H21ClO/c1-20(2,3)14-13-18(22)19(15-7-5-4-6-8-15)16-9-11-17(21)12-10-16/h5-12,15,19H,4H2,1-3H3/t19-/m1/s1. The van der Waals surface area contributed by atoms with Gasteiger partial charge in [-0.1, -0.05) is 54.0 Å². The molecule has 0 N–H and O–H groups in total. The Hall–Kier alpha value is -1.78. The van der Waals surface area contributed by atoms with Gasteiger partial charge in [0.1, 0.15) is 0 Å². The Bertz CT molecular complexity index is 636. The minimum atomic E-state index is -0.278. The summed E-state index contributed by atoms with van der Waals surface area (Å²) in [6.07, 6.45) is 9.30. The lowest BCUT2D eigenvalue weighted by Gasteiger charge is -2.21. The number of carbonyl (C=O) groups is 1. The average Bonchev–Trinajstić information content (AvgIpc) is 2.48. The van der Waals surface area contributed by atoms with Gasteiger partial charge in [-0.2, -0.15) is 0 Å². The smallest absolute Gasteiger partial charge is 0.213 e. The lowest BCUT2D eigenvalue weighted by Crippen LogP contribution is -2.19. The first-order valence-corrected chi connectivity index (χ1v) is 7.90. The van der Waals surface area contributed by atoms with Gasteiger partial charge < -0.3 is 0 Å². The van der Waals surface area contributed by atoms with Crippen molar-refractivity contribution in [3.05, 3.63) is 59.2 Å². The zero-order valence-corrected chi connectivity index (χ0v) is 14.0. The van der Waals surface area contributed by atoms with E-state index in [9.17, 15) is 4.79 Å². The average molecular weight is 313 g/mol. The highest BCUT2D eigenvalue weighted by Gasteiger charge is 2.26. The van der Waals surface area contributed by atoms with Gasteiger partial charge in [0, 0.05) is 16.4 Å². The summed E-state index contributed by atoms with van der Waals surface area (Å²) < 4.78 is 0. The highest BCUT2D eigenvalue weighted by Crippen LogP contribution is 2.31. The Labute approximate surface area is 138 Å². The van der Waals surface area contributed by atoms with Gasteiger partial charge in [0.25, 0.3) is 0 Å². The number of allylic oxidation sites excluding steroid dienone is 4. The maximum absolute atomic E-state index is 12.7. The second-order valence-corrected chi connectivity index (χ2v) is 7.00. The summed E-state index contributed by atoms with van der Waals surface area (Å²) >= 11 is 5.96. The van der Waals surface area contributed by atoms with E-state index in [-0.39, 0.29) is 23.0 Å². The van der Waals surface area contributed by atoms with Crippen LogP contribution < -0.4 is 0 Å². The second-order valence-electron chi connectivity index (χ2n) is 6.56. The predicted molar refractivity (Wildman–Crippen MR) is 92.8 cm³/mol. The molecule has 0 fully saturated rings. The molecule has 0 amide bonds. The Morgan fingerprint density at radius 1 is 1.18 bits per heavy atom. The zero-order chi connectivity index (χ0) is 16.2. The van der Waals surface area contributed by atoms with Gasteiger partial charge in [0.2, 0.25) is 5.78 Å². The fraction of sp³-hybridized carbons (Fsp3) is 0.350. The molecule has 0 aliphatic heterocycles. The van der Waals surface area contributed by atoms with Crippen LogP contribution in [0.25, 0.3) is 0 Å². The molecule has 0 unspecified atom stereocenters. The largest absolute Gasteiger partial charge is 0.284 e. The molecule has 0 bridgehead atoms. The van der Waals surface area contributed by atoms with Crippen molar-refractivity contribution in [1.82, 2.24) is 0 Å². The number of carbonyl (C=O) groups excluding carboxylic acids is 1. The van der Waals surface area contributed by atoms with E-state index in [1.807, 2.05) is 45.0 Å². The number of rotatable bonds is 3. The number of benzene rings is 1. The van der Waals surface area contributed by atoms with Crippen molar-refractivity contribution in [3.8, 4) is 11.8 Å². The molecule has 1 aromatic rings. The zero-order valence-electron chi connectivity index (χ0n) is 13.3. The number of Topliss-reactive ketones (excluding diaryl/α,β-unsaturated/α-hetero) is 1. The summed E-state index contributed by atoms with van der Waals surface area (Å²) in [5.41, 5.74) is 0.775. The van der Waals surface area contributed by atoms with Crippen molar-refractivity contribution < 1.29 is 4.79 Å². The van der Waals surface area contributed by atoms with Gasteiger partial charge in [0.05, 0.1) is 5.92 Å². The fourth-order valence-corrected chi connectivity index (χ4v) is 2.51. The predicted octanol–water partition coefficient (Wildman–Crippen LogP) is 5.17. The van der Waals surface area contributed by atoms with Crippen LogP contribution in [0.4, 0.5) is 0 Å². The van der Waals surface area contributed by atoms with Gasteiger partial charge in [-0.25, -0.2) is 0 Å². The fourth-order valence-electron chi connectivity index (χ4n) is 2.38. The van der Waals surface area contributed by atoms with E-state index < -0.39 is 0 Å². The van der Waals surface area contributed by atoms with Gasteiger partial charge in [-0.15, -0.1) is 0 Å². The molecule has 0 saturated carbocycles.